The second-order valence-corrected chi connectivity index (χ2v) is 5.07. The minimum absolute atomic E-state index is 0.0102. The SMILES string of the molecule is Cc1cc(=O)[nH]cc1C(=O)N1CC(C)NC(C)C1. The number of carbonyl (C=O) groups is 1. The van der Waals surface area contributed by atoms with Crippen LogP contribution in [0.15, 0.2) is 17.1 Å². The number of aromatic nitrogens is 1. The van der Waals surface area contributed by atoms with Gasteiger partial charge in [0.05, 0.1) is 5.56 Å². The fourth-order valence-electron chi connectivity index (χ4n) is 2.47. The molecule has 2 rings (SSSR count). The minimum atomic E-state index is -0.175. The molecule has 1 aliphatic heterocycles. The van der Waals surface area contributed by atoms with Gasteiger partial charge in [-0.05, 0) is 26.3 Å². The number of amides is 1. The highest BCUT2D eigenvalue weighted by Crippen LogP contribution is 2.11. The van der Waals surface area contributed by atoms with E-state index in [1.807, 2.05) is 4.90 Å². The Morgan fingerprint density at radius 2 is 1.94 bits per heavy atom. The number of pyridine rings is 1. The molecule has 2 atom stereocenters. The molecule has 1 fully saturated rings. The van der Waals surface area contributed by atoms with Crippen molar-refractivity contribution >= 4 is 5.91 Å². The first-order valence-electron chi connectivity index (χ1n) is 6.22. The van der Waals surface area contributed by atoms with E-state index in [9.17, 15) is 9.59 Å². The van der Waals surface area contributed by atoms with Crippen LogP contribution in [0, 0.1) is 6.92 Å². The van der Waals surface area contributed by atoms with Crippen LogP contribution in [-0.4, -0.2) is 41.0 Å². The highest BCUT2D eigenvalue weighted by atomic mass is 16.2. The summed E-state index contributed by atoms with van der Waals surface area (Å²) < 4.78 is 0. The van der Waals surface area contributed by atoms with E-state index in [0.29, 0.717) is 30.7 Å². The molecule has 0 spiro atoms. The minimum Gasteiger partial charge on any atom is -0.335 e. The Balaban J connectivity index is 2.22. The van der Waals surface area contributed by atoms with E-state index in [1.54, 1.807) is 6.92 Å². The molecule has 0 radical (unpaired) electrons. The molecule has 0 saturated carbocycles. The average Bonchev–Trinajstić information content (AvgIpc) is 2.26. The Bertz CT molecular complexity index is 499. The third kappa shape index (κ3) is 2.61. The summed E-state index contributed by atoms with van der Waals surface area (Å²) >= 11 is 0. The summed E-state index contributed by atoms with van der Waals surface area (Å²) in [5, 5.41) is 3.39. The van der Waals surface area contributed by atoms with E-state index in [4.69, 9.17) is 0 Å². The normalized spacial score (nSPS) is 24.1. The fraction of sp³-hybridized carbons (Fsp3) is 0.538. The molecule has 0 bridgehead atoms. The van der Waals surface area contributed by atoms with Crippen molar-refractivity contribution in [2.45, 2.75) is 32.9 Å². The number of hydrogen-bond donors (Lipinski definition) is 2. The summed E-state index contributed by atoms with van der Waals surface area (Å²) in [6, 6.07) is 2.05. The number of nitrogens with one attached hydrogen (secondary N) is 2. The van der Waals surface area contributed by atoms with Crippen molar-refractivity contribution < 1.29 is 4.79 Å². The predicted octanol–water partition coefficient (Wildman–Crippen LogP) is 0.506. The molecular formula is C13H19N3O2. The molecule has 0 aliphatic carbocycles. The lowest BCUT2D eigenvalue weighted by molar-refractivity contribution is 0.0672. The summed E-state index contributed by atoms with van der Waals surface area (Å²) in [5.74, 6) is -0.0102. The summed E-state index contributed by atoms with van der Waals surface area (Å²) in [7, 11) is 0. The first kappa shape index (κ1) is 12.8. The van der Waals surface area contributed by atoms with E-state index >= 15 is 0 Å². The van der Waals surface area contributed by atoms with Crippen molar-refractivity contribution in [2.75, 3.05) is 13.1 Å². The monoisotopic (exact) mass is 249 g/mol. The Morgan fingerprint density at radius 1 is 1.33 bits per heavy atom. The Labute approximate surface area is 106 Å². The van der Waals surface area contributed by atoms with Crippen LogP contribution in [0.1, 0.15) is 29.8 Å². The van der Waals surface area contributed by atoms with Crippen molar-refractivity contribution in [2.24, 2.45) is 0 Å². The molecular weight excluding hydrogens is 230 g/mol. The van der Waals surface area contributed by atoms with E-state index in [1.165, 1.54) is 12.3 Å². The van der Waals surface area contributed by atoms with Gasteiger partial charge in [-0.2, -0.15) is 0 Å². The number of aryl methyl sites for hydroxylation is 1. The number of carbonyl (C=O) groups excluding carboxylic acids is 1. The van der Waals surface area contributed by atoms with Crippen molar-refractivity contribution in [1.82, 2.24) is 15.2 Å². The molecule has 2 heterocycles. The number of H-pyrrole nitrogens is 1. The third-order valence-electron chi connectivity index (χ3n) is 3.21. The number of piperazine rings is 1. The van der Waals surface area contributed by atoms with E-state index < -0.39 is 0 Å². The predicted molar refractivity (Wildman–Crippen MR) is 69.8 cm³/mol. The van der Waals surface area contributed by atoms with E-state index in [2.05, 4.69) is 24.1 Å². The van der Waals surface area contributed by atoms with Crippen molar-refractivity contribution in [3.05, 3.63) is 33.7 Å². The summed E-state index contributed by atoms with van der Waals surface area (Å²) in [4.78, 5) is 28.0. The molecule has 1 aromatic heterocycles. The van der Waals surface area contributed by atoms with Gasteiger partial charge < -0.3 is 15.2 Å². The van der Waals surface area contributed by atoms with Gasteiger partial charge in [0.2, 0.25) is 5.56 Å². The van der Waals surface area contributed by atoms with Gasteiger partial charge in [0, 0.05) is 37.4 Å². The highest BCUT2D eigenvalue weighted by molar-refractivity contribution is 5.95. The fourth-order valence-corrected chi connectivity index (χ4v) is 2.47. The molecule has 5 heteroatoms. The second-order valence-electron chi connectivity index (χ2n) is 5.07. The van der Waals surface area contributed by atoms with Crippen LogP contribution in [-0.2, 0) is 0 Å². The Kier molecular flexibility index (Phi) is 3.52. The molecule has 1 saturated heterocycles. The molecule has 5 nitrogen and oxygen atoms in total. The van der Waals surface area contributed by atoms with Crippen LogP contribution in [0.4, 0.5) is 0 Å². The number of rotatable bonds is 1. The van der Waals surface area contributed by atoms with Gasteiger partial charge in [-0.15, -0.1) is 0 Å². The number of aromatic amines is 1. The molecule has 2 N–H and O–H groups in total. The maximum atomic E-state index is 12.4. The van der Waals surface area contributed by atoms with E-state index in [0.717, 1.165) is 5.56 Å². The van der Waals surface area contributed by atoms with Crippen LogP contribution in [0.5, 0.6) is 0 Å². The van der Waals surface area contributed by atoms with Crippen molar-refractivity contribution in [1.29, 1.82) is 0 Å². The van der Waals surface area contributed by atoms with Gasteiger partial charge in [-0.1, -0.05) is 0 Å². The van der Waals surface area contributed by atoms with Crippen LogP contribution < -0.4 is 10.9 Å². The highest BCUT2D eigenvalue weighted by Gasteiger charge is 2.26. The Morgan fingerprint density at radius 3 is 2.50 bits per heavy atom. The van der Waals surface area contributed by atoms with Crippen LogP contribution >= 0.6 is 0 Å². The topological polar surface area (TPSA) is 65.2 Å². The molecule has 1 aromatic rings. The summed E-state index contributed by atoms with van der Waals surface area (Å²) in [6.45, 7) is 7.31. The molecule has 1 aliphatic rings. The maximum Gasteiger partial charge on any atom is 0.255 e. The van der Waals surface area contributed by atoms with Gasteiger partial charge in [0.15, 0.2) is 0 Å². The van der Waals surface area contributed by atoms with Crippen molar-refractivity contribution in [3.63, 3.8) is 0 Å². The van der Waals surface area contributed by atoms with Gasteiger partial charge in [0.1, 0.15) is 0 Å². The summed E-state index contributed by atoms with van der Waals surface area (Å²) in [6.07, 6.45) is 1.51. The third-order valence-corrected chi connectivity index (χ3v) is 3.21. The molecule has 18 heavy (non-hydrogen) atoms. The molecule has 0 aromatic carbocycles. The van der Waals surface area contributed by atoms with Gasteiger partial charge in [-0.3, -0.25) is 9.59 Å². The maximum absolute atomic E-state index is 12.4. The smallest absolute Gasteiger partial charge is 0.255 e. The standard InChI is InChI=1S/C13H19N3O2/c1-8-4-12(17)14-5-11(8)13(18)16-6-9(2)15-10(3)7-16/h4-5,9-10,15H,6-7H2,1-3H3,(H,14,17). The lowest BCUT2D eigenvalue weighted by Crippen LogP contribution is -2.55. The second kappa shape index (κ2) is 4.94. The van der Waals surface area contributed by atoms with Gasteiger partial charge in [-0.25, -0.2) is 0 Å². The lowest BCUT2D eigenvalue weighted by Gasteiger charge is -2.36. The van der Waals surface area contributed by atoms with Crippen LogP contribution in [0.25, 0.3) is 0 Å². The molecule has 98 valence electrons. The molecule has 1 amide bonds. The van der Waals surface area contributed by atoms with Crippen LogP contribution in [0.3, 0.4) is 0 Å². The average molecular weight is 249 g/mol. The zero-order chi connectivity index (χ0) is 13.3. The van der Waals surface area contributed by atoms with Crippen LogP contribution in [0.2, 0.25) is 0 Å². The van der Waals surface area contributed by atoms with Gasteiger partial charge >= 0.3 is 0 Å². The Hall–Kier alpha value is -1.62. The van der Waals surface area contributed by atoms with Gasteiger partial charge in [0.25, 0.3) is 5.91 Å². The largest absolute Gasteiger partial charge is 0.335 e. The molecule has 2 unspecified atom stereocenters. The zero-order valence-electron chi connectivity index (χ0n) is 11.0. The summed E-state index contributed by atoms with van der Waals surface area (Å²) in [5.41, 5.74) is 1.13. The zero-order valence-corrected chi connectivity index (χ0v) is 11.0. The first-order chi connectivity index (χ1) is 8.47. The number of nitrogens with zero attached hydrogens (tertiary/aromatic N) is 1. The number of hydrogen-bond acceptors (Lipinski definition) is 3. The quantitative estimate of drug-likeness (QED) is 0.762. The first-order valence-corrected chi connectivity index (χ1v) is 6.22. The van der Waals surface area contributed by atoms with E-state index in [-0.39, 0.29) is 11.5 Å². The lowest BCUT2D eigenvalue weighted by atomic mass is 10.1. The van der Waals surface area contributed by atoms with Crippen molar-refractivity contribution in [3.8, 4) is 0 Å².